The number of nitrogens with zero attached hydrogens (tertiary/aromatic N) is 1. The Labute approximate surface area is 121 Å². The lowest BCUT2D eigenvalue weighted by Crippen LogP contribution is -2.41. The van der Waals surface area contributed by atoms with Crippen molar-refractivity contribution in [2.75, 3.05) is 20.2 Å². The van der Waals surface area contributed by atoms with E-state index in [1.807, 2.05) is 12.1 Å². The van der Waals surface area contributed by atoms with E-state index in [9.17, 15) is 4.79 Å². The molecule has 0 saturated carbocycles. The Balaban J connectivity index is 2.48. The molecule has 5 nitrogen and oxygen atoms in total. The predicted octanol–water partition coefficient (Wildman–Crippen LogP) is 1.32. The number of amides is 2. The summed E-state index contributed by atoms with van der Waals surface area (Å²) < 4.78 is 0. The second-order valence-corrected chi connectivity index (χ2v) is 5.06. The van der Waals surface area contributed by atoms with E-state index in [0.29, 0.717) is 6.54 Å². The summed E-state index contributed by atoms with van der Waals surface area (Å²) in [7, 11) is 2.08. The van der Waals surface area contributed by atoms with E-state index in [1.165, 1.54) is 5.56 Å². The van der Waals surface area contributed by atoms with Gasteiger partial charge < -0.3 is 20.6 Å². The Morgan fingerprint density at radius 2 is 2.10 bits per heavy atom. The fourth-order valence-electron chi connectivity index (χ4n) is 1.76. The summed E-state index contributed by atoms with van der Waals surface area (Å²) in [5.74, 6) is 0. The number of carbonyl (C=O) groups is 1. The minimum atomic E-state index is -0.261. The topological polar surface area (TPSA) is 64.6 Å². The number of aliphatic hydroxyl groups is 1. The summed E-state index contributed by atoms with van der Waals surface area (Å²) in [6.45, 7) is 6.20. The lowest BCUT2D eigenvalue weighted by molar-refractivity contribution is 0.220. The molecule has 1 aromatic rings. The van der Waals surface area contributed by atoms with Gasteiger partial charge in [0.15, 0.2) is 0 Å². The number of rotatable bonds is 7. The highest BCUT2D eigenvalue weighted by Crippen LogP contribution is 2.07. The van der Waals surface area contributed by atoms with Gasteiger partial charge in [0.05, 0.1) is 12.6 Å². The first kappa shape index (κ1) is 16.5. The normalized spacial score (nSPS) is 12.2. The monoisotopic (exact) mass is 279 g/mol. The van der Waals surface area contributed by atoms with Crippen LogP contribution in [0.1, 0.15) is 25.0 Å². The second-order valence-electron chi connectivity index (χ2n) is 5.06. The molecule has 0 aliphatic rings. The van der Waals surface area contributed by atoms with Gasteiger partial charge >= 0.3 is 6.03 Å². The summed E-state index contributed by atoms with van der Waals surface area (Å²) in [6, 6.07) is 7.68. The van der Waals surface area contributed by atoms with Crippen molar-refractivity contribution < 1.29 is 9.90 Å². The number of nitrogens with one attached hydrogen (secondary N) is 2. The van der Waals surface area contributed by atoms with Crippen molar-refractivity contribution in [3.05, 3.63) is 35.4 Å². The van der Waals surface area contributed by atoms with Gasteiger partial charge in [0.25, 0.3) is 0 Å². The zero-order chi connectivity index (χ0) is 15.0. The summed E-state index contributed by atoms with van der Waals surface area (Å²) in [4.78, 5) is 13.8. The molecule has 1 rings (SSSR count). The van der Waals surface area contributed by atoms with E-state index in [4.69, 9.17) is 5.11 Å². The molecule has 0 fully saturated rings. The van der Waals surface area contributed by atoms with Crippen LogP contribution in [0.3, 0.4) is 0 Å². The maximum Gasteiger partial charge on any atom is 0.315 e. The van der Waals surface area contributed by atoms with Gasteiger partial charge in [0.1, 0.15) is 0 Å². The van der Waals surface area contributed by atoms with Crippen molar-refractivity contribution in [3.63, 3.8) is 0 Å². The van der Waals surface area contributed by atoms with Crippen LogP contribution < -0.4 is 10.6 Å². The maximum atomic E-state index is 11.6. The summed E-state index contributed by atoms with van der Waals surface area (Å²) in [5, 5.41) is 14.3. The Morgan fingerprint density at radius 1 is 1.40 bits per heavy atom. The summed E-state index contributed by atoms with van der Waals surface area (Å²) >= 11 is 0. The van der Waals surface area contributed by atoms with Crippen molar-refractivity contribution in [2.24, 2.45) is 0 Å². The molecule has 0 aliphatic carbocycles. The third kappa shape index (κ3) is 6.04. The first-order chi connectivity index (χ1) is 9.55. The molecule has 0 spiro atoms. The SMILES string of the molecule is CCN(C)Cc1cccc(CNC(=O)NC(C)CO)c1. The smallest absolute Gasteiger partial charge is 0.315 e. The fourth-order valence-corrected chi connectivity index (χ4v) is 1.76. The lowest BCUT2D eigenvalue weighted by Gasteiger charge is -2.15. The zero-order valence-corrected chi connectivity index (χ0v) is 12.5. The number of aliphatic hydroxyl groups excluding tert-OH is 1. The van der Waals surface area contributed by atoms with E-state index < -0.39 is 0 Å². The van der Waals surface area contributed by atoms with Crippen LogP contribution in [-0.2, 0) is 13.1 Å². The molecule has 1 atom stereocenters. The van der Waals surface area contributed by atoms with Crippen LogP contribution in [0, 0.1) is 0 Å². The van der Waals surface area contributed by atoms with Gasteiger partial charge in [-0.2, -0.15) is 0 Å². The van der Waals surface area contributed by atoms with Crippen molar-refractivity contribution in [1.82, 2.24) is 15.5 Å². The first-order valence-electron chi connectivity index (χ1n) is 6.96. The van der Waals surface area contributed by atoms with Crippen molar-refractivity contribution >= 4 is 6.03 Å². The van der Waals surface area contributed by atoms with E-state index in [1.54, 1.807) is 6.92 Å². The Bertz CT molecular complexity index is 423. The molecule has 0 aliphatic heterocycles. The number of carbonyl (C=O) groups excluding carboxylic acids is 1. The molecule has 3 N–H and O–H groups in total. The number of hydrogen-bond donors (Lipinski definition) is 3. The Hall–Kier alpha value is -1.59. The number of urea groups is 1. The Morgan fingerprint density at radius 3 is 2.75 bits per heavy atom. The molecule has 0 heterocycles. The average molecular weight is 279 g/mol. The van der Waals surface area contributed by atoms with Gasteiger partial charge in [-0.3, -0.25) is 0 Å². The van der Waals surface area contributed by atoms with Crippen LogP contribution in [0.25, 0.3) is 0 Å². The second kappa shape index (κ2) is 8.55. The van der Waals surface area contributed by atoms with E-state index in [0.717, 1.165) is 18.7 Å². The Kier molecular flexibility index (Phi) is 7.04. The predicted molar refractivity (Wildman–Crippen MR) is 80.4 cm³/mol. The summed E-state index contributed by atoms with van der Waals surface area (Å²) in [5.41, 5.74) is 2.30. The molecular weight excluding hydrogens is 254 g/mol. The minimum Gasteiger partial charge on any atom is -0.394 e. The largest absolute Gasteiger partial charge is 0.394 e. The van der Waals surface area contributed by atoms with Crippen LogP contribution in [-0.4, -0.2) is 42.3 Å². The average Bonchev–Trinajstić information content (AvgIpc) is 2.45. The van der Waals surface area contributed by atoms with Crippen LogP contribution in [0.5, 0.6) is 0 Å². The van der Waals surface area contributed by atoms with Crippen molar-refractivity contribution in [2.45, 2.75) is 33.0 Å². The van der Waals surface area contributed by atoms with Crippen molar-refractivity contribution in [1.29, 1.82) is 0 Å². The minimum absolute atomic E-state index is 0.0632. The first-order valence-corrected chi connectivity index (χ1v) is 6.96. The van der Waals surface area contributed by atoms with E-state index in [-0.39, 0.29) is 18.7 Å². The molecule has 0 saturated heterocycles. The maximum absolute atomic E-state index is 11.6. The van der Waals surface area contributed by atoms with Gasteiger partial charge in [-0.1, -0.05) is 31.2 Å². The third-order valence-corrected chi connectivity index (χ3v) is 3.09. The molecule has 1 unspecified atom stereocenters. The molecule has 112 valence electrons. The molecule has 0 aromatic heterocycles. The zero-order valence-electron chi connectivity index (χ0n) is 12.5. The number of hydrogen-bond acceptors (Lipinski definition) is 3. The van der Waals surface area contributed by atoms with Crippen LogP contribution >= 0.6 is 0 Å². The highest BCUT2D eigenvalue weighted by Gasteiger charge is 2.05. The van der Waals surface area contributed by atoms with Crippen molar-refractivity contribution in [3.8, 4) is 0 Å². The van der Waals surface area contributed by atoms with Gasteiger partial charge in [0.2, 0.25) is 0 Å². The molecule has 2 amide bonds. The van der Waals surface area contributed by atoms with Crippen LogP contribution in [0.15, 0.2) is 24.3 Å². The van der Waals surface area contributed by atoms with Gasteiger partial charge in [0, 0.05) is 13.1 Å². The highest BCUT2D eigenvalue weighted by atomic mass is 16.3. The third-order valence-electron chi connectivity index (χ3n) is 3.09. The molecule has 0 radical (unpaired) electrons. The molecule has 1 aromatic carbocycles. The van der Waals surface area contributed by atoms with Gasteiger partial charge in [-0.15, -0.1) is 0 Å². The van der Waals surface area contributed by atoms with E-state index >= 15 is 0 Å². The van der Waals surface area contributed by atoms with E-state index in [2.05, 4.69) is 41.6 Å². The standard InChI is InChI=1S/C15H25N3O2/c1-4-18(3)10-14-7-5-6-13(8-14)9-16-15(20)17-12(2)11-19/h5-8,12,19H,4,9-11H2,1-3H3,(H2,16,17,20). The molecular formula is C15H25N3O2. The van der Waals surface area contributed by atoms with Gasteiger partial charge in [-0.25, -0.2) is 4.79 Å². The van der Waals surface area contributed by atoms with Crippen LogP contribution in [0.4, 0.5) is 4.79 Å². The molecule has 20 heavy (non-hydrogen) atoms. The summed E-state index contributed by atoms with van der Waals surface area (Å²) in [6.07, 6.45) is 0. The molecule has 0 bridgehead atoms. The molecule has 5 heteroatoms. The quantitative estimate of drug-likeness (QED) is 0.705. The fraction of sp³-hybridized carbons (Fsp3) is 0.533. The van der Waals surface area contributed by atoms with Gasteiger partial charge in [-0.05, 0) is 31.6 Å². The lowest BCUT2D eigenvalue weighted by atomic mass is 10.1. The highest BCUT2D eigenvalue weighted by molar-refractivity contribution is 5.74. The van der Waals surface area contributed by atoms with Crippen LogP contribution in [0.2, 0.25) is 0 Å². The number of benzene rings is 1.